The van der Waals surface area contributed by atoms with Crippen molar-refractivity contribution in [3.05, 3.63) is 78.4 Å². The van der Waals surface area contributed by atoms with Gasteiger partial charge in [0.05, 0.1) is 23.4 Å². The van der Waals surface area contributed by atoms with Gasteiger partial charge in [-0.3, -0.25) is 9.10 Å². The van der Waals surface area contributed by atoms with Crippen molar-refractivity contribution in [1.82, 2.24) is 0 Å². The van der Waals surface area contributed by atoms with Crippen LogP contribution in [-0.2, 0) is 10.0 Å². The zero-order valence-electron chi connectivity index (χ0n) is 17.5. The van der Waals surface area contributed by atoms with Crippen LogP contribution in [-0.4, -0.2) is 34.2 Å². The lowest BCUT2D eigenvalue weighted by Crippen LogP contribution is -2.30. The molecule has 1 N–H and O–H groups in total. The van der Waals surface area contributed by atoms with Crippen LogP contribution < -0.4 is 14.4 Å². The highest BCUT2D eigenvalue weighted by atomic mass is 32.2. The molecule has 0 heterocycles. The number of thioether (sulfide) groups is 1. The van der Waals surface area contributed by atoms with Crippen LogP contribution in [0.3, 0.4) is 0 Å². The molecular weight excluding hydrogens is 432 g/mol. The van der Waals surface area contributed by atoms with Crippen LogP contribution in [0, 0.1) is 0 Å². The molecule has 0 bridgehead atoms. The third-order valence-corrected chi connectivity index (χ3v) is 7.37. The number of nitrogens with zero attached hydrogens (tertiary/aromatic N) is 1. The zero-order valence-corrected chi connectivity index (χ0v) is 19.2. The minimum atomic E-state index is -3.71. The van der Waals surface area contributed by atoms with Gasteiger partial charge < -0.3 is 10.1 Å². The summed E-state index contributed by atoms with van der Waals surface area (Å²) in [5, 5.41) is 2.81. The van der Waals surface area contributed by atoms with Crippen LogP contribution in [0.5, 0.6) is 5.75 Å². The molecule has 0 aliphatic carbocycles. The fourth-order valence-electron chi connectivity index (χ4n) is 3.09. The Balaban J connectivity index is 1.82. The van der Waals surface area contributed by atoms with Gasteiger partial charge in [-0.2, -0.15) is 0 Å². The van der Waals surface area contributed by atoms with Gasteiger partial charge in [-0.05, 0) is 73.8 Å². The third kappa shape index (κ3) is 5.03. The Hall–Kier alpha value is -2.97. The summed E-state index contributed by atoms with van der Waals surface area (Å²) in [4.78, 5) is 13.8. The molecule has 0 fully saturated rings. The Bertz CT molecular complexity index is 1140. The van der Waals surface area contributed by atoms with Crippen molar-refractivity contribution in [2.24, 2.45) is 0 Å². The zero-order chi connectivity index (χ0) is 22.4. The normalized spacial score (nSPS) is 11.1. The minimum absolute atomic E-state index is 0.227. The molecule has 0 saturated carbocycles. The fraction of sp³-hybridized carbons (Fsp3) is 0.174. The third-order valence-electron chi connectivity index (χ3n) is 4.71. The highest BCUT2D eigenvalue weighted by Crippen LogP contribution is 2.27. The van der Waals surface area contributed by atoms with Crippen molar-refractivity contribution in [2.75, 3.05) is 29.5 Å². The maximum absolute atomic E-state index is 13.1. The van der Waals surface area contributed by atoms with E-state index in [-0.39, 0.29) is 17.3 Å². The smallest absolute Gasteiger partial charge is 0.264 e. The summed E-state index contributed by atoms with van der Waals surface area (Å²) in [6.07, 6.45) is 1.94. The molecule has 0 radical (unpaired) electrons. The average Bonchev–Trinajstić information content (AvgIpc) is 2.80. The van der Waals surface area contributed by atoms with Gasteiger partial charge in [0, 0.05) is 17.0 Å². The quantitative estimate of drug-likeness (QED) is 0.489. The number of hydrogen-bond donors (Lipinski definition) is 1. The molecule has 3 aromatic rings. The fourth-order valence-corrected chi connectivity index (χ4v) is 4.97. The maximum atomic E-state index is 13.1. The number of amides is 1. The second-order valence-corrected chi connectivity index (χ2v) is 9.29. The molecule has 0 saturated heterocycles. The molecule has 0 aromatic heterocycles. The molecule has 1 amide bonds. The Morgan fingerprint density at radius 2 is 1.65 bits per heavy atom. The van der Waals surface area contributed by atoms with Crippen molar-refractivity contribution in [3.63, 3.8) is 0 Å². The van der Waals surface area contributed by atoms with E-state index in [2.05, 4.69) is 5.32 Å². The number of sulfonamides is 1. The van der Waals surface area contributed by atoms with Crippen molar-refractivity contribution in [1.29, 1.82) is 0 Å². The molecule has 0 aliphatic heterocycles. The second-order valence-electron chi connectivity index (χ2n) is 6.55. The number of nitrogens with one attached hydrogen (secondary N) is 1. The first-order chi connectivity index (χ1) is 14.9. The summed E-state index contributed by atoms with van der Waals surface area (Å²) >= 11 is 1.55. The van der Waals surface area contributed by atoms with Gasteiger partial charge in [-0.1, -0.05) is 12.1 Å². The Morgan fingerprint density at radius 3 is 2.23 bits per heavy atom. The predicted octanol–water partition coefficient (Wildman–Crippen LogP) is 4.88. The van der Waals surface area contributed by atoms with E-state index in [1.54, 1.807) is 85.4 Å². The number of ether oxygens (including phenoxy) is 1. The molecular formula is C23H24N2O4S2. The predicted molar refractivity (Wildman–Crippen MR) is 126 cm³/mol. The summed E-state index contributed by atoms with van der Waals surface area (Å²) < 4.78 is 32.8. The van der Waals surface area contributed by atoms with Gasteiger partial charge in [0.25, 0.3) is 15.9 Å². The van der Waals surface area contributed by atoms with E-state index in [4.69, 9.17) is 4.74 Å². The first-order valence-corrected chi connectivity index (χ1v) is 12.3. The number of anilines is 2. The topological polar surface area (TPSA) is 75.7 Å². The van der Waals surface area contributed by atoms with E-state index < -0.39 is 10.0 Å². The molecule has 8 heteroatoms. The summed E-state index contributed by atoms with van der Waals surface area (Å²) in [6, 6.07) is 20.4. The van der Waals surface area contributed by atoms with Crippen molar-refractivity contribution < 1.29 is 17.9 Å². The summed E-state index contributed by atoms with van der Waals surface area (Å²) in [7, 11) is -2.18. The summed E-state index contributed by atoms with van der Waals surface area (Å²) in [5.74, 6) is 0.248. The highest BCUT2D eigenvalue weighted by molar-refractivity contribution is 7.98. The van der Waals surface area contributed by atoms with Gasteiger partial charge >= 0.3 is 0 Å². The van der Waals surface area contributed by atoms with Crippen LogP contribution in [0.25, 0.3) is 0 Å². The highest BCUT2D eigenvalue weighted by Gasteiger charge is 2.23. The molecule has 3 aromatic carbocycles. The number of carbonyl (C=O) groups excluding carboxylic acids is 1. The molecule has 6 nitrogen and oxygen atoms in total. The van der Waals surface area contributed by atoms with E-state index in [1.807, 2.05) is 12.3 Å². The Kier molecular flexibility index (Phi) is 7.25. The van der Waals surface area contributed by atoms with Crippen LogP contribution in [0.4, 0.5) is 11.4 Å². The maximum Gasteiger partial charge on any atom is 0.264 e. The van der Waals surface area contributed by atoms with Crippen LogP contribution in [0.15, 0.2) is 82.6 Å². The lowest BCUT2D eigenvalue weighted by molar-refractivity contribution is 0.102. The van der Waals surface area contributed by atoms with Crippen molar-refractivity contribution >= 4 is 39.1 Å². The molecule has 0 aliphatic rings. The van der Waals surface area contributed by atoms with Crippen molar-refractivity contribution in [3.8, 4) is 5.75 Å². The number of rotatable bonds is 8. The molecule has 31 heavy (non-hydrogen) atoms. The number of methoxy groups -OCH3 is 1. The lowest BCUT2D eigenvalue weighted by atomic mass is 10.2. The molecule has 0 spiro atoms. The van der Waals surface area contributed by atoms with E-state index in [0.29, 0.717) is 22.7 Å². The van der Waals surface area contributed by atoms with E-state index >= 15 is 0 Å². The van der Waals surface area contributed by atoms with E-state index in [1.165, 1.54) is 11.4 Å². The molecule has 162 valence electrons. The molecule has 3 rings (SSSR count). The molecule has 0 atom stereocenters. The van der Waals surface area contributed by atoms with E-state index in [0.717, 1.165) is 4.90 Å². The van der Waals surface area contributed by atoms with Gasteiger partial charge in [-0.25, -0.2) is 8.42 Å². The van der Waals surface area contributed by atoms with Gasteiger partial charge in [0.15, 0.2) is 0 Å². The Labute approximate surface area is 187 Å². The van der Waals surface area contributed by atoms with Crippen LogP contribution in [0.1, 0.15) is 17.3 Å². The Morgan fingerprint density at radius 1 is 1.00 bits per heavy atom. The van der Waals surface area contributed by atoms with Crippen LogP contribution >= 0.6 is 11.8 Å². The second kappa shape index (κ2) is 9.89. The van der Waals surface area contributed by atoms with Gasteiger partial charge in [0.2, 0.25) is 0 Å². The first kappa shape index (κ1) is 22.7. The molecule has 0 unspecified atom stereocenters. The van der Waals surface area contributed by atoms with Gasteiger partial charge in [-0.15, -0.1) is 11.8 Å². The first-order valence-electron chi connectivity index (χ1n) is 9.62. The SMILES string of the molecule is CCN(c1ccc(C(=O)Nc2ccccc2OC)cc1)S(=O)(=O)c1ccc(SC)cc1. The lowest BCUT2D eigenvalue weighted by Gasteiger charge is -2.23. The van der Waals surface area contributed by atoms with Crippen LogP contribution in [0.2, 0.25) is 0 Å². The standard InChI is InChI=1S/C23H24N2O4S2/c1-4-25(31(27,28)20-15-13-19(30-3)14-16-20)18-11-9-17(10-12-18)23(26)24-21-7-5-6-8-22(21)29-2/h5-16H,4H2,1-3H3,(H,24,26). The van der Waals surface area contributed by atoms with E-state index in [9.17, 15) is 13.2 Å². The summed E-state index contributed by atoms with van der Waals surface area (Å²) in [6.45, 7) is 2.04. The number of benzene rings is 3. The largest absolute Gasteiger partial charge is 0.495 e. The monoisotopic (exact) mass is 456 g/mol. The summed E-state index contributed by atoms with van der Waals surface area (Å²) in [5.41, 5.74) is 1.46. The number of carbonyl (C=O) groups is 1. The van der Waals surface area contributed by atoms with Gasteiger partial charge in [0.1, 0.15) is 5.75 Å². The number of hydrogen-bond acceptors (Lipinski definition) is 5. The minimum Gasteiger partial charge on any atom is -0.495 e. The number of para-hydroxylation sites is 2. The van der Waals surface area contributed by atoms with Crippen molar-refractivity contribution in [2.45, 2.75) is 16.7 Å². The average molecular weight is 457 g/mol.